The first-order chi connectivity index (χ1) is 15.8. The maximum absolute atomic E-state index is 5.33. The number of halogens is 1. The normalized spacial score (nSPS) is 14.1. The topological polar surface area (TPSA) is 91.9 Å². The molecular formula is C23H30IN7O2. The number of nitrogens with one attached hydrogen (secondary N) is 1. The van der Waals surface area contributed by atoms with Crippen LogP contribution < -0.4 is 15.0 Å². The first-order valence-electron chi connectivity index (χ1n) is 10.9. The van der Waals surface area contributed by atoms with Crippen LogP contribution in [0.4, 0.5) is 5.69 Å². The Morgan fingerprint density at radius 1 is 1.12 bits per heavy atom. The molecule has 1 saturated heterocycles. The van der Waals surface area contributed by atoms with E-state index in [4.69, 9.17) is 14.3 Å². The van der Waals surface area contributed by atoms with Gasteiger partial charge in [0.15, 0.2) is 11.8 Å². The highest BCUT2D eigenvalue weighted by atomic mass is 127. The van der Waals surface area contributed by atoms with Gasteiger partial charge in [0, 0.05) is 57.6 Å². The summed E-state index contributed by atoms with van der Waals surface area (Å²) in [6.07, 6.45) is 2.32. The van der Waals surface area contributed by atoms with Crippen molar-refractivity contribution in [3.63, 3.8) is 0 Å². The minimum absolute atomic E-state index is 0. The maximum atomic E-state index is 5.33. The second kappa shape index (κ2) is 12.4. The van der Waals surface area contributed by atoms with Crippen molar-refractivity contribution < 1.29 is 9.26 Å². The molecule has 1 aliphatic heterocycles. The Bertz CT molecular complexity index is 1000. The smallest absolute Gasteiger partial charge is 0.276 e. The fourth-order valence-electron chi connectivity index (χ4n) is 3.61. The number of rotatable bonds is 7. The van der Waals surface area contributed by atoms with Crippen molar-refractivity contribution in [1.29, 1.82) is 0 Å². The van der Waals surface area contributed by atoms with E-state index < -0.39 is 0 Å². The molecule has 3 aromatic rings. The van der Waals surface area contributed by atoms with Crippen LogP contribution in [0, 0.1) is 0 Å². The van der Waals surface area contributed by atoms with Gasteiger partial charge in [-0.05, 0) is 43.3 Å². The average molecular weight is 563 g/mol. The van der Waals surface area contributed by atoms with Crippen molar-refractivity contribution in [2.24, 2.45) is 4.99 Å². The van der Waals surface area contributed by atoms with Crippen molar-refractivity contribution in [1.82, 2.24) is 25.3 Å². The van der Waals surface area contributed by atoms with Gasteiger partial charge in [-0.15, -0.1) is 24.0 Å². The molecule has 0 saturated carbocycles. The van der Waals surface area contributed by atoms with Crippen LogP contribution in [0.3, 0.4) is 0 Å². The first-order valence-corrected chi connectivity index (χ1v) is 10.9. The fourth-order valence-corrected chi connectivity index (χ4v) is 3.61. The van der Waals surface area contributed by atoms with Gasteiger partial charge < -0.3 is 24.4 Å². The number of ether oxygens (including phenoxy) is 1. The monoisotopic (exact) mass is 563 g/mol. The number of aromatic nitrogens is 3. The van der Waals surface area contributed by atoms with Gasteiger partial charge >= 0.3 is 0 Å². The molecule has 0 radical (unpaired) electrons. The summed E-state index contributed by atoms with van der Waals surface area (Å²) in [5.74, 6) is 2.87. The highest BCUT2D eigenvalue weighted by molar-refractivity contribution is 14.0. The number of anilines is 1. The molecule has 0 spiro atoms. The van der Waals surface area contributed by atoms with Crippen molar-refractivity contribution in [2.75, 3.05) is 51.3 Å². The third kappa shape index (κ3) is 6.56. The zero-order valence-electron chi connectivity index (χ0n) is 19.0. The van der Waals surface area contributed by atoms with Crippen LogP contribution in [-0.4, -0.2) is 72.4 Å². The molecule has 0 aliphatic carbocycles. The molecule has 2 aromatic heterocycles. The van der Waals surface area contributed by atoms with Gasteiger partial charge in [0.25, 0.3) is 5.89 Å². The van der Waals surface area contributed by atoms with E-state index in [1.165, 1.54) is 5.69 Å². The molecule has 9 nitrogen and oxygen atoms in total. The van der Waals surface area contributed by atoms with Crippen LogP contribution in [0.2, 0.25) is 0 Å². The van der Waals surface area contributed by atoms with Gasteiger partial charge in [0.1, 0.15) is 11.4 Å². The summed E-state index contributed by atoms with van der Waals surface area (Å²) in [5, 5.41) is 7.46. The lowest BCUT2D eigenvalue weighted by atomic mass is 10.2. The minimum Gasteiger partial charge on any atom is -0.497 e. The van der Waals surface area contributed by atoms with Crippen LogP contribution in [0.5, 0.6) is 5.75 Å². The Morgan fingerprint density at radius 2 is 1.91 bits per heavy atom. The van der Waals surface area contributed by atoms with E-state index in [0.29, 0.717) is 30.4 Å². The number of guanidine groups is 1. The number of hydrogen-bond donors (Lipinski definition) is 1. The molecule has 0 unspecified atom stereocenters. The van der Waals surface area contributed by atoms with Crippen molar-refractivity contribution >= 4 is 35.6 Å². The summed E-state index contributed by atoms with van der Waals surface area (Å²) in [5.41, 5.74) is 1.89. The second-order valence-corrected chi connectivity index (χ2v) is 7.39. The summed E-state index contributed by atoms with van der Waals surface area (Å²) in [6.45, 7) is 7.19. The van der Waals surface area contributed by atoms with E-state index in [1.54, 1.807) is 13.3 Å². The van der Waals surface area contributed by atoms with Gasteiger partial charge in [-0.2, -0.15) is 4.98 Å². The molecule has 1 fully saturated rings. The van der Waals surface area contributed by atoms with Crippen LogP contribution in [0.15, 0.2) is 58.2 Å². The highest BCUT2D eigenvalue weighted by Gasteiger charge is 2.20. The lowest BCUT2D eigenvalue weighted by molar-refractivity contribution is 0.372. The highest BCUT2D eigenvalue weighted by Crippen LogP contribution is 2.20. The molecule has 1 aliphatic rings. The number of hydrogen-bond acceptors (Lipinski definition) is 7. The predicted molar refractivity (Wildman–Crippen MR) is 139 cm³/mol. The Kier molecular flexibility index (Phi) is 9.28. The van der Waals surface area contributed by atoms with Gasteiger partial charge in [0.05, 0.1) is 7.11 Å². The predicted octanol–water partition coefficient (Wildman–Crippen LogP) is 3.09. The zero-order chi connectivity index (χ0) is 22.2. The van der Waals surface area contributed by atoms with E-state index in [9.17, 15) is 0 Å². The minimum atomic E-state index is 0. The molecule has 4 rings (SSSR count). The molecule has 176 valence electrons. The molecule has 3 heterocycles. The van der Waals surface area contributed by atoms with E-state index in [0.717, 1.165) is 44.4 Å². The van der Waals surface area contributed by atoms with Gasteiger partial charge in [0.2, 0.25) is 0 Å². The van der Waals surface area contributed by atoms with E-state index >= 15 is 0 Å². The fraction of sp³-hybridized carbons (Fsp3) is 0.391. The standard InChI is InChI=1S/C23H29N7O2.HI/c1-3-24-23(26-13-11-21-27-22(32-28-21)20-6-4-5-12-25-20)30-16-14-29(15-17-30)18-7-9-19(31-2)10-8-18;/h4-10,12H,3,11,13-17H2,1-2H3,(H,24,26);1H. The Labute approximate surface area is 211 Å². The summed E-state index contributed by atoms with van der Waals surface area (Å²) in [6, 6.07) is 13.8. The Hall–Kier alpha value is -2.89. The lowest BCUT2D eigenvalue weighted by Crippen LogP contribution is -2.52. The second-order valence-electron chi connectivity index (χ2n) is 7.39. The van der Waals surface area contributed by atoms with Crippen LogP contribution in [0.25, 0.3) is 11.6 Å². The number of nitrogens with zero attached hydrogens (tertiary/aromatic N) is 6. The van der Waals surface area contributed by atoms with Gasteiger partial charge in [-0.1, -0.05) is 11.2 Å². The van der Waals surface area contributed by atoms with Crippen LogP contribution in [-0.2, 0) is 6.42 Å². The molecule has 10 heteroatoms. The molecule has 0 atom stereocenters. The zero-order valence-corrected chi connectivity index (χ0v) is 21.3. The maximum Gasteiger partial charge on any atom is 0.276 e. The first kappa shape index (κ1) is 24.7. The van der Waals surface area contributed by atoms with Crippen LogP contribution >= 0.6 is 24.0 Å². The summed E-state index contributed by atoms with van der Waals surface area (Å²) >= 11 is 0. The lowest BCUT2D eigenvalue weighted by Gasteiger charge is -2.37. The van der Waals surface area contributed by atoms with Gasteiger partial charge in [-0.3, -0.25) is 9.98 Å². The third-order valence-electron chi connectivity index (χ3n) is 5.30. The van der Waals surface area contributed by atoms with Crippen molar-refractivity contribution in [2.45, 2.75) is 13.3 Å². The largest absolute Gasteiger partial charge is 0.497 e. The van der Waals surface area contributed by atoms with Crippen molar-refractivity contribution in [3.05, 3.63) is 54.5 Å². The molecule has 1 N–H and O–H groups in total. The number of benzene rings is 1. The molecule has 1 aromatic carbocycles. The number of piperazine rings is 1. The molecule has 0 bridgehead atoms. The van der Waals surface area contributed by atoms with E-state index in [2.05, 4.69) is 49.3 Å². The number of methoxy groups -OCH3 is 1. The summed E-state index contributed by atoms with van der Waals surface area (Å²) in [7, 11) is 1.69. The average Bonchev–Trinajstić information content (AvgIpc) is 3.33. The summed E-state index contributed by atoms with van der Waals surface area (Å²) in [4.78, 5) is 18.2. The molecule has 0 amide bonds. The Balaban J connectivity index is 0.00000306. The summed E-state index contributed by atoms with van der Waals surface area (Å²) < 4.78 is 10.6. The number of aliphatic imine (C=N–C) groups is 1. The quantitative estimate of drug-likeness (QED) is 0.267. The van der Waals surface area contributed by atoms with Crippen molar-refractivity contribution in [3.8, 4) is 17.3 Å². The van der Waals surface area contributed by atoms with Gasteiger partial charge in [-0.25, -0.2) is 0 Å². The van der Waals surface area contributed by atoms with E-state index in [-0.39, 0.29) is 24.0 Å². The Morgan fingerprint density at radius 3 is 2.58 bits per heavy atom. The van der Waals surface area contributed by atoms with E-state index in [1.807, 2.05) is 30.3 Å². The third-order valence-corrected chi connectivity index (χ3v) is 5.30. The molecule has 33 heavy (non-hydrogen) atoms. The van der Waals surface area contributed by atoms with Crippen LogP contribution in [0.1, 0.15) is 12.7 Å². The number of pyridine rings is 1. The SMILES string of the molecule is CCNC(=NCCc1noc(-c2ccccn2)n1)N1CCN(c2ccc(OC)cc2)CC1.I. The molecular weight excluding hydrogens is 533 g/mol.